The molecule has 2 aromatic carbocycles. The van der Waals surface area contributed by atoms with E-state index in [0.717, 1.165) is 10.1 Å². The van der Waals surface area contributed by atoms with Crippen LogP contribution in [0.15, 0.2) is 47.4 Å². The summed E-state index contributed by atoms with van der Waals surface area (Å²) in [6.45, 7) is 0.276. The molecular weight excluding hydrogens is 501 g/mol. The van der Waals surface area contributed by atoms with Crippen molar-refractivity contribution in [3.63, 3.8) is 0 Å². The largest absolute Gasteiger partial charge is 0.490 e. The van der Waals surface area contributed by atoms with Gasteiger partial charge in [0.1, 0.15) is 0 Å². The smallest absolute Gasteiger partial charge is 0.269 e. The van der Waals surface area contributed by atoms with Crippen molar-refractivity contribution in [1.29, 1.82) is 0 Å². The second-order valence-corrected chi connectivity index (χ2v) is 8.24. The highest BCUT2D eigenvalue weighted by atomic mass is 35.5. The van der Waals surface area contributed by atoms with Crippen LogP contribution in [0.5, 0.6) is 11.6 Å². The van der Waals surface area contributed by atoms with Gasteiger partial charge in [-0.2, -0.15) is 4.98 Å². The Hall–Kier alpha value is -3.47. The van der Waals surface area contributed by atoms with Gasteiger partial charge in [-0.25, -0.2) is 9.55 Å². The van der Waals surface area contributed by atoms with Crippen molar-refractivity contribution in [3.05, 3.63) is 78.9 Å². The number of aromatic nitrogens is 4. The van der Waals surface area contributed by atoms with Crippen molar-refractivity contribution in [1.82, 2.24) is 24.8 Å². The SMILES string of the molecule is COc1cnc(-n2c(=S)[nH]c3cc(C(=O)NCc4ccc(Cl)cc4)c(Cl)cc3c2=O)nc1OC. The molecule has 0 atom stereocenters. The number of hydrogen-bond donors (Lipinski definition) is 2. The maximum absolute atomic E-state index is 13.2. The molecule has 9 nitrogen and oxygen atoms in total. The van der Waals surface area contributed by atoms with Crippen molar-refractivity contribution >= 4 is 52.2 Å². The van der Waals surface area contributed by atoms with Crippen LogP contribution in [0.3, 0.4) is 0 Å². The van der Waals surface area contributed by atoms with E-state index in [4.69, 9.17) is 44.9 Å². The van der Waals surface area contributed by atoms with Gasteiger partial charge in [0.25, 0.3) is 17.3 Å². The van der Waals surface area contributed by atoms with Gasteiger partial charge in [0.2, 0.25) is 5.95 Å². The molecule has 0 aliphatic rings. The number of hydrogen-bond acceptors (Lipinski definition) is 7. The molecule has 34 heavy (non-hydrogen) atoms. The van der Waals surface area contributed by atoms with Crippen LogP contribution in [-0.4, -0.2) is 39.6 Å². The van der Waals surface area contributed by atoms with Crippen LogP contribution in [0.1, 0.15) is 15.9 Å². The second-order valence-electron chi connectivity index (χ2n) is 7.01. The van der Waals surface area contributed by atoms with Crippen LogP contribution in [-0.2, 0) is 6.54 Å². The Morgan fingerprint density at radius 2 is 1.91 bits per heavy atom. The third kappa shape index (κ3) is 4.60. The van der Waals surface area contributed by atoms with Gasteiger partial charge in [-0.05, 0) is 42.0 Å². The molecular formula is C22H17Cl2N5O4S. The maximum atomic E-state index is 13.2. The number of benzene rings is 2. The van der Waals surface area contributed by atoms with Crippen molar-refractivity contribution < 1.29 is 14.3 Å². The van der Waals surface area contributed by atoms with Gasteiger partial charge >= 0.3 is 0 Å². The van der Waals surface area contributed by atoms with Crippen LogP contribution < -0.4 is 20.3 Å². The summed E-state index contributed by atoms with van der Waals surface area (Å²) in [6.07, 6.45) is 1.37. The molecule has 0 saturated heterocycles. The van der Waals surface area contributed by atoms with Crippen LogP contribution in [0.4, 0.5) is 0 Å². The van der Waals surface area contributed by atoms with Gasteiger partial charge in [-0.3, -0.25) is 9.59 Å². The minimum absolute atomic E-state index is 0.00768. The number of fused-ring (bicyclic) bond motifs is 1. The lowest BCUT2D eigenvalue weighted by atomic mass is 10.1. The Balaban J connectivity index is 1.71. The predicted molar refractivity (Wildman–Crippen MR) is 131 cm³/mol. The summed E-state index contributed by atoms with van der Waals surface area (Å²) >= 11 is 17.6. The number of amides is 1. The van der Waals surface area contributed by atoms with Crippen molar-refractivity contribution in [2.45, 2.75) is 6.54 Å². The van der Waals surface area contributed by atoms with Crippen LogP contribution in [0.2, 0.25) is 10.0 Å². The first kappa shape index (κ1) is 23.7. The number of carbonyl (C=O) groups excluding carboxylic acids is 1. The number of ether oxygens (including phenoxy) is 2. The van der Waals surface area contributed by atoms with Gasteiger partial charge in [-0.1, -0.05) is 35.3 Å². The molecule has 0 unspecified atom stereocenters. The summed E-state index contributed by atoms with van der Waals surface area (Å²) < 4.78 is 11.4. The van der Waals surface area contributed by atoms with Gasteiger partial charge in [0.05, 0.1) is 41.9 Å². The number of nitrogens with zero attached hydrogens (tertiary/aromatic N) is 3. The molecule has 2 heterocycles. The Morgan fingerprint density at radius 3 is 2.59 bits per heavy atom. The molecule has 0 aliphatic heterocycles. The van der Waals surface area contributed by atoms with Gasteiger partial charge in [0.15, 0.2) is 10.5 Å². The first-order chi connectivity index (χ1) is 16.3. The van der Waals surface area contributed by atoms with Crippen molar-refractivity contribution in [2.24, 2.45) is 0 Å². The van der Waals surface area contributed by atoms with E-state index in [0.29, 0.717) is 16.3 Å². The standard InChI is InChI=1S/C22H17Cl2N5O4S/c1-32-17-10-26-21(28-19(17)33-2)29-20(31)14-7-15(24)13(8-16(14)27-22(29)34)18(30)25-9-11-3-5-12(23)6-4-11/h3-8,10H,9H2,1-2H3,(H,25,30)(H,27,34). The van der Waals surface area contributed by atoms with E-state index >= 15 is 0 Å². The normalized spacial score (nSPS) is 10.8. The zero-order valence-corrected chi connectivity index (χ0v) is 20.2. The molecule has 0 spiro atoms. The molecule has 2 aromatic heterocycles. The summed E-state index contributed by atoms with van der Waals surface area (Å²) in [4.78, 5) is 37.3. The number of carbonyl (C=O) groups is 1. The topological polar surface area (TPSA) is 111 Å². The van der Waals surface area contributed by atoms with Crippen molar-refractivity contribution in [3.8, 4) is 17.6 Å². The molecule has 0 fully saturated rings. The van der Waals surface area contributed by atoms with Crippen LogP contribution in [0, 0.1) is 4.77 Å². The van der Waals surface area contributed by atoms with E-state index in [1.54, 1.807) is 24.3 Å². The van der Waals surface area contributed by atoms with Crippen LogP contribution >= 0.6 is 35.4 Å². The molecule has 0 radical (unpaired) electrons. The molecule has 4 rings (SSSR count). The molecule has 2 N–H and O–H groups in total. The molecule has 0 bridgehead atoms. The lowest BCUT2D eigenvalue weighted by molar-refractivity contribution is 0.0951. The van der Waals surface area contributed by atoms with Crippen LogP contribution in [0.25, 0.3) is 16.9 Å². The van der Waals surface area contributed by atoms with E-state index in [1.165, 1.54) is 32.5 Å². The average molecular weight is 518 g/mol. The average Bonchev–Trinajstić information content (AvgIpc) is 2.83. The summed E-state index contributed by atoms with van der Waals surface area (Å²) in [5.74, 6) is 0.0206. The zero-order valence-electron chi connectivity index (χ0n) is 17.9. The molecule has 4 aromatic rings. The summed E-state index contributed by atoms with van der Waals surface area (Å²) in [7, 11) is 2.86. The van der Waals surface area contributed by atoms with E-state index in [9.17, 15) is 9.59 Å². The number of halogens is 2. The summed E-state index contributed by atoms with van der Waals surface area (Å²) in [5, 5.41) is 3.70. The molecule has 174 valence electrons. The van der Waals surface area contributed by atoms with E-state index in [-0.39, 0.29) is 39.1 Å². The number of methoxy groups -OCH3 is 2. The quantitative estimate of drug-likeness (QED) is 0.370. The minimum Gasteiger partial charge on any atom is -0.490 e. The van der Waals surface area contributed by atoms with Gasteiger partial charge < -0.3 is 19.8 Å². The highest BCUT2D eigenvalue weighted by Gasteiger charge is 2.17. The maximum Gasteiger partial charge on any atom is 0.269 e. The third-order valence-corrected chi connectivity index (χ3v) is 5.77. The summed E-state index contributed by atoms with van der Waals surface area (Å²) in [6, 6.07) is 9.96. The van der Waals surface area contributed by atoms with Crippen molar-refractivity contribution in [2.75, 3.05) is 14.2 Å². The number of nitrogens with one attached hydrogen (secondary N) is 2. The van der Waals surface area contributed by atoms with E-state index < -0.39 is 11.5 Å². The fraction of sp³-hybridized carbons (Fsp3) is 0.136. The number of H-pyrrole nitrogens is 1. The monoisotopic (exact) mass is 517 g/mol. The molecule has 0 saturated carbocycles. The van der Waals surface area contributed by atoms with Gasteiger partial charge in [0, 0.05) is 11.6 Å². The lowest BCUT2D eigenvalue weighted by Gasteiger charge is -2.11. The summed E-state index contributed by atoms with van der Waals surface area (Å²) in [5.41, 5.74) is 0.883. The Kier molecular flexibility index (Phi) is 6.82. The van der Waals surface area contributed by atoms with E-state index in [1.807, 2.05) is 0 Å². The Labute approximate surface area is 208 Å². The predicted octanol–water partition coefficient (Wildman–Crippen LogP) is 4.09. The Bertz CT molecular complexity index is 1520. The molecule has 12 heteroatoms. The molecule has 0 aliphatic carbocycles. The minimum atomic E-state index is -0.513. The number of rotatable bonds is 6. The van der Waals surface area contributed by atoms with Gasteiger partial charge in [-0.15, -0.1) is 0 Å². The van der Waals surface area contributed by atoms with E-state index in [2.05, 4.69) is 20.3 Å². The fourth-order valence-electron chi connectivity index (χ4n) is 3.21. The Morgan fingerprint density at radius 1 is 1.18 bits per heavy atom. The highest BCUT2D eigenvalue weighted by molar-refractivity contribution is 7.71. The molecule has 1 amide bonds. The number of aromatic amines is 1. The first-order valence-corrected chi connectivity index (χ1v) is 11.0. The third-order valence-electron chi connectivity index (χ3n) is 4.92. The zero-order chi connectivity index (χ0) is 24.4. The fourth-order valence-corrected chi connectivity index (χ4v) is 3.86. The lowest BCUT2D eigenvalue weighted by Crippen LogP contribution is -2.25. The first-order valence-electron chi connectivity index (χ1n) is 9.79. The second kappa shape index (κ2) is 9.80. The highest BCUT2D eigenvalue weighted by Crippen LogP contribution is 2.24.